The van der Waals surface area contributed by atoms with E-state index in [4.69, 9.17) is 15.9 Å². The summed E-state index contributed by atoms with van der Waals surface area (Å²) in [5.41, 5.74) is 0. The van der Waals surface area contributed by atoms with Crippen LogP contribution in [-0.4, -0.2) is 17.4 Å². The van der Waals surface area contributed by atoms with Crippen LogP contribution in [0.1, 0.15) is 0 Å². The first kappa shape index (κ1) is 15.6. The Morgan fingerprint density at radius 1 is 0.957 bits per heavy atom. The van der Waals surface area contributed by atoms with Crippen LogP contribution in [0.3, 0.4) is 0 Å². The lowest BCUT2D eigenvalue weighted by atomic mass is 10.1. The highest BCUT2D eigenvalue weighted by Gasteiger charge is 2.17. The smallest absolute Gasteiger partial charge is 0.409 e. The van der Waals surface area contributed by atoms with Gasteiger partial charge in [0.1, 0.15) is 5.75 Å². The minimum absolute atomic E-state index is 0.455. The molecule has 0 aliphatic heterocycles. The van der Waals surface area contributed by atoms with Crippen molar-refractivity contribution in [2.75, 3.05) is 7.05 Å². The Hall–Kier alpha value is -2.24. The van der Waals surface area contributed by atoms with Gasteiger partial charge in [0.25, 0.3) is 0 Å². The fraction of sp³-hybridized carbons (Fsp3) is 0.0556. The zero-order chi connectivity index (χ0) is 16.2. The lowest BCUT2D eigenvalue weighted by Gasteiger charge is -2.19. The predicted octanol–water partition coefficient (Wildman–Crippen LogP) is 4.32. The van der Waals surface area contributed by atoms with Gasteiger partial charge in [-0.15, -0.1) is 0 Å². The topological polar surface area (TPSA) is 29.5 Å². The van der Waals surface area contributed by atoms with Crippen LogP contribution >= 0.6 is 0 Å². The van der Waals surface area contributed by atoms with E-state index < -0.39 is 15.7 Å². The third-order valence-electron chi connectivity index (χ3n) is 3.40. The summed E-state index contributed by atoms with van der Waals surface area (Å²) in [5, 5.41) is 1.93. The molecule has 0 aliphatic rings. The van der Waals surface area contributed by atoms with E-state index in [-0.39, 0.29) is 0 Å². The molecule has 0 saturated carbocycles. The summed E-state index contributed by atoms with van der Waals surface area (Å²) in [5.74, 6) is 0.542. The number of ether oxygens (including phenoxy) is 1. The molecule has 1 atom stereocenters. The van der Waals surface area contributed by atoms with Crippen LogP contribution in [-0.2, 0) is 20.8 Å². The molecule has 3 aromatic rings. The summed E-state index contributed by atoms with van der Waals surface area (Å²) in [6, 6.07) is 23.0. The van der Waals surface area contributed by atoms with E-state index in [0.717, 1.165) is 15.7 Å². The maximum Gasteiger partial charge on any atom is 0.425 e. The number of benzene rings is 3. The van der Waals surface area contributed by atoms with Crippen molar-refractivity contribution >= 4 is 37.7 Å². The maximum absolute atomic E-state index is 12.4. The molecular weight excluding hydrogens is 326 g/mol. The molecule has 1 unspecified atom stereocenters. The molecule has 0 saturated heterocycles. The molecule has 1 amide bonds. The van der Waals surface area contributed by atoms with Crippen molar-refractivity contribution in [3.8, 4) is 5.75 Å². The molecule has 0 fully saturated rings. The van der Waals surface area contributed by atoms with E-state index >= 15 is 0 Å². The number of carbonyl (C=O) groups excluding carboxylic acids is 1. The normalized spacial score (nSPS) is 11.9. The van der Waals surface area contributed by atoms with Crippen molar-refractivity contribution in [3.63, 3.8) is 0 Å². The molecule has 0 N–H and O–H groups in total. The Kier molecular flexibility index (Phi) is 4.69. The van der Waals surface area contributed by atoms with Crippen molar-refractivity contribution in [1.29, 1.82) is 0 Å². The lowest BCUT2D eigenvalue weighted by molar-refractivity contribution is 0.187. The summed E-state index contributed by atoms with van der Waals surface area (Å²) in [6.45, 7) is 0. The Balaban J connectivity index is 1.82. The van der Waals surface area contributed by atoms with Gasteiger partial charge in [0.15, 0.2) is 0 Å². The third-order valence-corrected chi connectivity index (χ3v) is 5.97. The van der Waals surface area contributed by atoms with Crippen LogP contribution in [0.2, 0.25) is 0 Å². The molecule has 3 nitrogen and oxygen atoms in total. The zero-order valence-electron chi connectivity index (χ0n) is 12.5. The molecule has 0 aliphatic carbocycles. The molecule has 3 aromatic carbocycles. The van der Waals surface area contributed by atoms with Gasteiger partial charge in [-0.2, -0.15) is 0 Å². The highest BCUT2D eigenvalue weighted by atomic mass is 32.8. The molecule has 3 rings (SSSR count). The van der Waals surface area contributed by atoms with Crippen LogP contribution in [0.5, 0.6) is 5.75 Å². The molecule has 116 valence electrons. The van der Waals surface area contributed by atoms with Crippen LogP contribution < -0.4 is 4.74 Å². The van der Waals surface area contributed by atoms with Crippen molar-refractivity contribution in [1.82, 2.24) is 4.31 Å². The standard InChI is InChI=1S/C18H15NO2S2/c1-19(23(22)15-10-3-2-4-11-15)18(20)21-17-13-7-9-14-8-5-6-12-16(14)17/h2-13H,1H3. The Bertz CT molecular complexity index is 860. The average molecular weight is 341 g/mol. The number of rotatable bonds is 3. The van der Waals surface area contributed by atoms with Gasteiger partial charge < -0.3 is 4.74 Å². The van der Waals surface area contributed by atoms with Gasteiger partial charge in [-0.1, -0.05) is 54.6 Å². The highest BCUT2D eigenvalue weighted by molar-refractivity contribution is 8.27. The summed E-state index contributed by atoms with van der Waals surface area (Å²) in [7, 11) is 0.890. The maximum atomic E-state index is 12.4. The monoisotopic (exact) mass is 341 g/mol. The molecule has 0 bridgehead atoms. The summed E-state index contributed by atoms with van der Waals surface area (Å²) in [4.78, 5) is 13.3. The minimum Gasteiger partial charge on any atom is -0.409 e. The van der Waals surface area contributed by atoms with Crippen molar-refractivity contribution in [3.05, 3.63) is 72.8 Å². The summed E-state index contributed by atoms with van der Waals surface area (Å²) in [6.07, 6.45) is -0.455. The Morgan fingerprint density at radius 3 is 2.39 bits per heavy atom. The van der Waals surface area contributed by atoms with Gasteiger partial charge in [-0.3, -0.25) is 0 Å². The van der Waals surface area contributed by atoms with Crippen LogP contribution in [0.25, 0.3) is 10.8 Å². The first-order chi connectivity index (χ1) is 11.2. The minimum atomic E-state index is -0.773. The number of carbonyl (C=O) groups is 1. The van der Waals surface area contributed by atoms with Gasteiger partial charge in [0, 0.05) is 27.0 Å². The second-order valence-corrected chi connectivity index (χ2v) is 7.37. The molecule has 0 radical (unpaired) electrons. The summed E-state index contributed by atoms with van der Waals surface area (Å²) >= 11 is 5.47. The number of amides is 1. The SMILES string of the molecule is CN(C(=O)Oc1cccc2ccccc12)S(=S)c1ccccc1. The van der Waals surface area contributed by atoms with Crippen molar-refractivity contribution in [2.45, 2.75) is 4.90 Å². The van der Waals surface area contributed by atoms with Crippen LogP contribution in [0.4, 0.5) is 4.79 Å². The second-order valence-electron chi connectivity index (χ2n) is 4.90. The Labute approximate surface area is 142 Å². The quantitative estimate of drug-likeness (QED) is 0.710. The fourth-order valence-corrected chi connectivity index (χ4v) is 3.60. The van der Waals surface area contributed by atoms with E-state index in [0.29, 0.717) is 5.75 Å². The van der Waals surface area contributed by atoms with E-state index in [9.17, 15) is 4.79 Å². The third kappa shape index (κ3) is 3.41. The van der Waals surface area contributed by atoms with Gasteiger partial charge in [0.05, 0.1) is 0 Å². The molecule has 5 heteroatoms. The number of fused-ring (bicyclic) bond motifs is 1. The van der Waals surface area contributed by atoms with E-state index in [1.54, 1.807) is 13.1 Å². The van der Waals surface area contributed by atoms with Gasteiger partial charge in [0.2, 0.25) is 0 Å². The van der Waals surface area contributed by atoms with Crippen LogP contribution in [0, 0.1) is 0 Å². The van der Waals surface area contributed by atoms with Crippen molar-refractivity contribution < 1.29 is 9.53 Å². The average Bonchev–Trinajstić information content (AvgIpc) is 2.61. The Morgan fingerprint density at radius 2 is 1.61 bits per heavy atom. The van der Waals surface area contributed by atoms with Crippen LogP contribution in [0.15, 0.2) is 77.7 Å². The fourth-order valence-electron chi connectivity index (χ4n) is 2.21. The van der Waals surface area contributed by atoms with E-state index in [1.807, 2.05) is 66.7 Å². The molecule has 0 heterocycles. The predicted molar refractivity (Wildman–Crippen MR) is 97.2 cm³/mol. The second kappa shape index (κ2) is 6.89. The first-order valence-corrected chi connectivity index (χ1v) is 9.18. The number of hydrogen-bond donors (Lipinski definition) is 0. The first-order valence-electron chi connectivity index (χ1n) is 7.07. The molecule has 0 spiro atoms. The van der Waals surface area contributed by atoms with Gasteiger partial charge in [-0.25, -0.2) is 9.10 Å². The van der Waals surface area contributed by atoms with Gasteiger partial charge in [-0.05, 0) is 34.8 Å². The lowest BCUT2D eigenvalue weighted by Crippen LogP contribution is -2.31. The molecule has 23 heavy (non-hydrogen) atoms. The van der Waals surface area contributed by atoms with E-state index in [2.05, 4.69) is 0 Å². The van der Waals surface area contributed by atoms with E-state index in [1.165, 1.54) is 4.31 Å². The number of nitrogens with zero attached hydrogens (tertiary/aromatic N) is 1. The van der Waals surface area contributed by atoms with Gasteiger partial charge >= 0.3 is 6.09 Å². The molecule has 0 aromatic heterocycles. The molecular formula is C18H15NO2S2. The number of hydrogen-bond acceptors (Lipinski definition) is 3. The highest BCUT2D eigenvalue weighted by Crippen LogP contribution is 2.26. The zero-order valence-corrected chi connectivity index (χ0v) is 14.1. The van der Waals surface area contributed by atoms with Crippen molar-refractivity contribution in [2.24, 2.45) is 0 Å². The largest absolute Gasteiger partial charge is 0.425 e. The summed E-state index contributed by atoms with van der Waals surface area (Å²) < 4.78 is 7.01.